The summed E-state index contributed by atoms with van der Waals surface area (Å²) < 4.78 is 19.0. The fraction of sp³-hybridized carbons (Fsp3) is 0.529. The summed E-state index contributed by atoms with van der Waals surface area (Å²) in [6.45, 7) is 4.23. The minimum absolute atomic E-state index is 0.111. The van der Waals surface area contributed by atoms with E-state index in [0.717, 1.165) is 12.8 Å². The highest BCUT2D eigenvalue weighted by atomic mass is 19.1. The van der Waals surface area contributed by atoms with Crippen LogP contribution in [0.5, 0.6) is 0 Å². The highest BCUT2D eigenvalue weighted by Gasteiger charge is 2.32. The van der Waals surface area contributed by atoms with Crippen LogP contribution in [0.15, 0.2) is 22.7 Å². The standard InChI is InChI=1S/C17H22FN3O2/c1-10-4-5-13(8-14(10)18)16-19-17(23-20-16)11(2)21(3)9-15(22)12-6-7-12/h4-5,8,11-12,15,22H,6-7,9H2,1-3H3. The Bertz CT molecular complexity index is 684. The summed E-state index contributed by atoms with van der Waals surface area (Å²) in [6, 6.07) is 4.77. The number of aliphatic hydroxyl groups is 1. The van der Waals surface area contributed by atoms with Crippen LogP contribution < -0.4 is 0 Å². The quantitative estimate of drug-likeness (QED) is 0.887. The second-order valence-corrected chi connectivity index (χ2v) is 6.44. The lowest BCUT2D eigenvalue weighted by Gasteiger charge is -2.24. The Morgan fingerprint density at radius 2 is 2.17 bits per heavy atom. The summed E-state index contributed by atoms with van der Waals surface area (Å²) >= 11 is 0. The van der Waals surface area contributed by atoms with Gasteiger partial charge >= 0.3 is 0 Å². The molecule has 3 rings (SSSR count). The zero-order chi connectivity index (χ0) is 16.6. The van der Waals surface area contributed by atoms with Crippen molar-refractivity contribution < 1.29 is 14.0 Å². The Morgan fingerprint density at radius 1 is 1.43 bits per heavy atom. The molecule has 2 aromatic rings. The predicted molar refractivity (Wildman–Crippen MR) is 84.2 cm³/mol. The molecular formula is C17H22FN3O2. The van der Waals surface area contributed by atoms with E-state index < -0.39 is 0 Å². The first-order chi connectivity index (χ1) is 11.0. The number of hydrogen-bond donors (Lipinski definition) is 1. The van der Waals surface area contributed by atoms with Gasteiger partial charge in [-0.05, 0) is 51.3 Å². The highest BCUT2D eigenvalue weighted by Crippen LogP contribution is 2.33. The minimum atomic E-state index is -0.309. The van der Waals surface area contributed by atoms with Crippen LogP contribution >= 0.6 is 0 Å². The van der Waals surface area contributed by atoms with Gasteiger partial charge in [0.15, 0.2) is 0 Å². The van der Waals surface area contributed by atoms with Crippen molar-refractivity contribution in [2.45, 2.75) is 38.8 Å². The zero-order valence-corrected chi connectivity index (χ0v) is 13.7. The molecule has 0 bridgehead atoms. The summed E-state index contributed by atoms with van der Waals surface area (Å²) in [5.41, 5.74) is 1.18. The van der Waals surface area contributed by atoms with Gasteiger partial charge in [0.2, 0.25) is 11.7 Å². The van der Waals surface area contributed by atoms with E-state index in [1.165, 1.54) is 6.07 Å². The summed E-state index contributed by atoms with van der Waals surface area (Å²) in [6.07, 6.45) is 1.90. The predicted octanol–water partition coefficient (Wildman–Crippen LogP) is 2.95. The lowest BCUT2D eigenvalue weighted by molar-refractivity contribution is 0.0833. The van der Waals surface area contributed by atoms with Crippen LogP contribution in [0.2, 0.25) is 0 Å². The maximum atomic E-state index is 13.7. The minimum Gasteiger partial charge on any atom is -0.392 e. The van der Waals surface area contributed by atoms with Gasteiger partial charge in [-0.25, -0.2) is 4.39 Å². The second kappa shape index (κ2) is 6.37. The third kappa shape index (κ3) is 3.59. The molecule has 0 amide bonds. The Hall–Kier alpha value is -1.79. The molecule has 0 saturated heterocycles. The van der Waals surface area contributed by atoms with Crippen LogP contribution in [0.4, 0.5) is 4.39 Å². The lowest BCUT2D eigenvalue weighted by Crippen LogP contribution is -2.32. The summed E-state index contributed by atoms with van der Waals surface area (Å²) in [5.74, 6) is 0.985. The molecule has 2 unspecified atom stereocenters. The van der Waals surface area contributed by atoms with Gasteiger partial charge < -0.3 is 9.63 Å². The van der Waals surface area contributed by atoms with Crippen molar-refractivity contribution in [3.63, 3.8) is 0 Å². The number of rotatable bonds is 6. The number of hydrogen-bond acceptors (Lipinski definition) is 5. The van der Waals surface area contributed by atoms with Gasteiger partial charge in [-0.15, -0.1) is 0 Å². The zero-order valence-electron chi connectivity index (χ0n) is 13.7. The first-order valence-electron chi connectivity index (χ1n) is 7.94. The van der Waals surface area contributed by atoms with Crippen molar-refractivity contribution >= 4 is 0 Å². The Balaban J connectivity index is 1.71. The van der Waals surface area contributed by atoms with Crippen LogP contribution in [0.1, 0.15) is 37.3 Å². The molecule has 0 aliphatic heterocycles. The van der Waals surface area contributed by atoms with E-state index in [4.69, 9.17) is 4.52 Å². The number of benzene rings is 1. The molecule has 1 fully saturated rings. The maximum Gasteiger partial charge on any atom is 0.244 e. The molecule has 0 radical (unpaired) electrons. The Labute approximate surface area is 135 Å². The molecule has 1 aliphatic rings. The van der Waals surface area contributed by atoms with Crippen molar-refractivity contribution in [1.82, 2.24) is 15.0 Å². The molecule has 0 spiro atoms. The smallest absolute Gasteiger partial charge is 0.244 e. The fourth-order valence-corrected chi connectivity index (χ4v) is 2.53. The fourth-order valence-electron chi connectivity index (χ4n) is 2.53. The van der Waals surface area contributed by atoms with E-state index >= 15 is 0 Å². The van der Waals surface area contributed by atoms with E-state index in [0.29, 0.717) is 35.3 Å². The third-order valence-electron chi connectivity index (χ3n) is 4.53. The van der Waals surface area contributed by atoms with Gasteiger partial charge in [0.1, 0.15) is 5.82 Å². The van der Waals surface area contributed by atoms with Crippen LogP contribution in [-0.2, 0) is 0 Å². The third-order valence-corrected chi connectivity index (χ3v) is 4.53. The van der Waals surface area contributed by atoms with Gasteiger partial charge in [0.05, 0.1) is 12.1 Å². The molecule has 1 saturated carbocycles. The SMILES string of the molecule is Cc1ccc(-c2noc(C(C)N(C)CC(O)C3CC3)n2)cc1F. The molecule has 6 heteroatoms. The number of aromatic nitrogens is 2. The van der Waals surface area contributed by atoms with Crippen molar-refractivity contribution in [1.29, 1.82) is 0 Å². The maximum absolute atomic E-state index is 13.7. The first-order valence-corrected chi connectivity index (χ1v) is 7.94. The molecule has 2 atom stereocenters. The first kappa shape index (κ1) is 16.1. The van der Waals surface area contributed by atoms with Crippen molar-refractivity contribution in [3.8, 4) is 11.4 Å². The van der Waals surface area contributed by atoms with Gasteiger partial charge in [0, 0.05) is 12.1 Å². The summed E-state index contributed by atoms with van der Waals surface area (Å²) in [7, 11) is 1.92. The largest absolute Gasteiger partial charge is 0.392 e. The summed E-state index contributed by atoms with van der Waals surface area (Å²) in [4.78, 5) is 6.37. The van der Waals surface area contributed by atoms with E-state index in [1.54, 1.807) is 19.1 Å². The molecule has 1 aromatic carbocycles. The van der Waals surface area contributed by atoms with Crippen molar-refractivity contribution in [2.24, 2.45) is 5.92 Å². The molecule has 23 heavy (non-hydrogen) atoms. The lowest BCUT2D eigenvalue weighted by atomic mass is 10.1. The number of halogens is 1. The number of likely N-dealkylation sites (N-methyl/N-ethyl adjacent to an activating group) is 1. The molecule has 5 nitrogen and oxygen atoms in total. The second-order valence-electron chi connectivity index (χ2n) is 6.44. The van der Waals surface area contributed by atoms with Crippen LogP contribution in [0, 0.1) is 18.7 Å². The Kier molecular flexibility index (Phi) is 4.46. The molecular weight excluding hydrogens is 297 g/mol. The topological polar surface area (TPSA) is 62.4 Å². The number of nitrogens with zero attached hydrogens (tertiary/aromatic N) is 3. The van der Waals surface area contributed by atoms with E-state index in [-0.39, 0.29) is 18.0 Å². The monoisotopic (exact) mass is 319 g/mol. The Morgan fingerprint density at radius 3 is 2.83 bits per heavy atom. The van der Waals surface area contributed by atoms with Crippen LogP contribution in [-0.4, -0.2) is 39.8 Å². The van der Waals surface area contributed by atoms with Crippen molar-refractivity contribution in [2.75, 3.05) is 13.6 Å². The van der Waals surface area contributed by atoms with E-state index in [2.05, 4.69) is 10.1 Å². The van der Waals surface area contributed by atoms with E-state index in [9.17, 15) is 9.50 Å². The molecule has 1 heterocycles. The average molecular weight is 319 g/mol. The molecule has 124 valence electrons. The normalized spacial score (nSPS) is 17.5. The van der Waals surface area contributed by atoms with Crippen LogP contribution in [0.25, 0.3) is 11.4 Å². The number of aryl methyl sites for hydroxylation is 1. The van der Waals surface area contributed by atoms with Crippen LogP contribution in [0.3, 0.4) is 0 Å². The van der Waals surface area contributed by atoms with Gasteiger partial charge in [-0.1, -0.05) is 17.3 Å². The van der Waals surface area contributed by atoms with Crippen molar-refractivity contribution in [3.05, 3.63) is 35.5 Å². The van der Waals surface area contributed by atoms with E-state index in [1.807, 2.05) is 18.9 Å². The average Bonchev–Trinajstić information content (AvgIpc) is 3.27. The van der Waals surface area contributed by atoms with Gasteiger partial charge in [-0.3, -0.25) is 4.90 Å². The molecule has 1 N–H and O–H groups in total. The molecule has 1 aliphatic carbocycles. The van der Waals surface area contributed by atoms with Gasteiger partial charge in [0.25, 0.3) is 0 Å². The summed E-state index contributed by atoms with van der Waals surface area (Å²) in [5, 5.41) is 14.0. The highest BCUT2D eigenvalue weighted by molar-refractivity contribution is 5.54. The molecule has 1 aromatic heterocycles. The number of aliphatic hydroxyl groups excluding tert-OH is 1. The van der Waals surface area contributed by atoms with Gasteiger partial charge in [-0.2, -0.15) is 4.98 Å².